The number of carbonyl (C=O) groups is 2. The molecule has 20 nitrogen and oxygen atoms in total. The number of sulfonamides is 2. The second kappa shape index (κ2) is 19.9. The molecule has 0 saturated carbocycles. The maximum absolute atomic E-state index is 13.3. The fourth-order valence-corrected chi connectivity index (χ4v) is 7.18. The van der Waals surface area contributed by atoms with Crippen molar-refractivity contribution in [2.45, 2.75) is 0 Å². The molecule has 6 rings (SSSR count). The van der Waals surface area contributed by atoms with Gasteiger partial charge in [-0.05, 0) is 83.3 Å². The summed E-state index contributed by atoms with van der Waals surface area (Å²) in [5.41, 5.74) is 0.946. The predicted octanol–water partition coefficient (Wildman–Crippen LogP) is 0.0734. The van der Waals surface area contributed by atoms with Gasteiger partial charge in [0.2, 0.25) is 31.5 Å². The highest BCUT2D eigenvalue weighted by atomic mass is 127. The Morgan fingerprint density at radius 2 is 1.02 bits per heavy atom. The highest BCUT2D eigenvalue weighted by Crippen LogP contribution is 2.37. The Kier molecular flexibility index (Phi) is 15.9. The fraction of sp³-hybridized carbons (Fsp3) is 0.176. The van der Waals surface area contributed by atoms with Crippen molar-refractivity contribution in [3.8, 4) is 22.6 Å². The lowest BCUT2D eigenvalue weighted by Gasteiger charge is -2.18. The number of hydrogen-bond acceptors (Lipinski definition) is 16. The number of halogens is 3. The van der Waals surface area contributed by atoms with Gasteiger partial charge >= 0.3 is 21.1 Å². The Bertz CT molecular complexity index is 2830. The predicted molar refractivity (Wildman–Crippen MR) is 235 cm³/mol. The molecule has 0 aliphatic carbocycles. The number of hydrogen-bond donors (Lipinski definition) is 8. The molecule has 328 valence electrons. The molecule has 62 heavy (non-hydrogen) atoms. The monoisotopic (exact) mass is 1010 g/mol. The van der Waals surface area contributed by atoms with E-state index in [1.165, 1.54) is 82.8 Å². The number of carbonyl (C=O) groups excluding carboxylic acids is 2. The Labute approximate surface area is 366 Å². The van der Waals surface area contributed by atoms with Crippen LogP contribution in [0, 0.1) is 15.2 Å². The first-order valence-corrected chi connectivity index (χ1v) is 22.1. The summed E-state index contributed by atoms with van der Waals surface area (Å²) in [6, 6.07) is 13.6. The van der Waals surface area contributed by atoms with Crippen LogP contribution >= 0.6 is 22.6 Å². The van der Waals surface area contributed by atoms with Crippen molar-refractivity contribution >= 4 is 115 Å². The topological polar surface area (TPSA) is 306 Å². The van der Waals surface area contributed by atoms with Gasteiger partial charge in [-0.15, -0.1) is 0 Å². The molecule has 0 atom stereocenters. The molecule has 4 heterocycles. The molecular weight excluding hydrogens is 978 g/mol. The summed E-state index contributed by atoms with van der Waals surface area (Å²) in [5, 5.41) is 55.8. The lowest BCUT2D eigenvalue weighted by atomic mass is 9.50. The Morgan fingerprint density at radius 1 is 0.661 bits per heavy atom. The molecule has 8 N–H and O–H groups in total. The normalized spacial score (nSPS) is 11.2. The summed E-state index contributed by atoms with van der Waals surface area (Å²) < 4.78 is 87.9. The average Bonchev–Trinajstić information content (AvgIpc) is 3.77. The van der Waals surface area contributed by atoms with Gasteiger partial charge in [-0.3, -0.25) is 18.2 Å². The highest BCUT2D eigenvalue weighted by molar-refractivity contribution is 14.1. The minimum Gasteiger partial charge on any atom is -0.437 e. The minimum atomic E-state index is -3.78. The molecule has 2 amide bonds. The van der Waals surface area contributed by atoms with E-state index in [4.69, 9.17) is 28.9 Å². The maximum Gasteiger partial charge on any atom is 0.492 e. The van der Waals surface area contributed by atoms with E-state index in [1.807, 2.05) is 22.6 Å². The Hall–Kier alpha value is -5.20. The summed E-state index contributed by atoms with van der Waals surface area (Å²) in [5.74, 6) is -1.61. The van der Waals surface area contributed by atoms with Crippen LogP contribution in [0.2, 0.25) is 0 Å². The lowest BCUT2D eigenvalue weighted by molar-refractivity contribution is 0.0956. The average molecular weight is 1010 g/mol. The number of nitrogens with zero attached hydrogens (tertiary/aromatic N) is 4. The van der Waals surface area contributed by atoms with Crippen molar-refractivity contribution in [2.24, 2.45) is 0 Å². The number of benzene rings is 2. The summed E-state index contributed by atoms with van der Waals surface area (Å²) in [6.07, 6.45) is 1.99. The third-order valence-electron chi connectivity index (χ3n) is 8.57. The van der Waals surface area contributed by atoms with Crippen LogP contribution < -0.4 is 24.7 Å². The van der Waals surface area contributed by atoms with Gasteiger partial charge in [0.15, 0.2) is 5.82 Å². The van der Waals surface area contributed by atoms with Crippen LogP contribution in [0.1, 0.15) is 20.7 Å². The third kappa shape index (κ3) is 11.2. The minimum absolute atomic E-state index is 0.0390. The fourth-order valence-electron chi connectivity index (χ4n) is 5.31. The molecule has 28 heteroatoms. The van der Waals surface area contributed by atoms with E-state index in [1.54, 1.807) is 6.07 Å². The largest absolute Gasteiger partial charge is 0.492 e. The number of fused-ring (bicyclic) bond motifs is 2. The van der Waals surface area contributed by atoms with E-state index in [2.05, 4.69) is 20.6 Å². The van der Waals surface area contributed by atoms with Crippen molar-refractivity contribution in [1.82, 2.24) is 20.6 Å². The van der Waals surface area contributed by atoms with Gasteiger partial charge in [-0.2, -0.15) is 9.97 Å². The van der Waals surface area contributed by atoms with Crippen LogP contribution in [-0.4, -0.2) is 131 Å². The highest BCUT2D eigenvalue weighted by Gasteiger charge is 2.30. The van der Waals surface area contributed by atoms with E-state index in [0.717, 1.165) is 21.1 Å². The smallest absolute Gasteiger partial charge is 0.437 e. The molecule has 0 aliphatic heterocycles. The number of pyridine rings is 2. The standard InChI is InChI=1S/C17H17BFN3O6S.C17H15FIN3O4S.B2H4O4/c1-20-16(23)13-11-8-12(18(24)25)15(22(2)29(3,26)27)21-17(11)28-14(13)9-4-6-10(19)7-5-9;1-20-16(23)13-11-8-12(19)15(22(2)27(3,24)25)21-17(11)26-14(13)9-4-6-10(18)7-5-9;3-1(4)2(5)6/h4-8,24-25H,1-3H3,(H,20,23);4-8H,1-3H3,(H,20,23);3-6H. The zero-order valence-electron chi connectivity index (χ0n) is 33.2. The first-order chi connectivity index (χ1) is 28.8. The number of aromatic nitrogens is 2. The summed E-state index contributed by atoms with van der Waals surface area (Å²) in [7, 11) is -7.97. The second-order valence-electron chi connectivity index (χ2n) is 12.8. The van der Waals surface area contributed by atoms with Gasteiger partial charge < -0.3 is 49.6 Å². The van der Waals surface area contributed by atoms with Crippen LogP contribution in [0.5, 0.6) is 0 Å². The van der Waals surface area contributed by atoms with Crippen molar-refractivity contribution in [1.29, 1.82) is 0 Å². The summed E-state index contributed by atoms with van der Waals surface area (Å²) >= 11 is 1.95. The molecule has 4 aromatic heterocycles. The molecule has 0 saturated heterocycles. The SMILES string of the molecule is CNC(=O)c1c(-c2ccc(F)cc2)oc2nc(N(C)S(C)(=O)=O)c(B(O)O)cc12.CNC(=O)c1c(-c2ccc(F)cc2)oc2nc(N(C)S(C)(=O)=O)c(I)cc12.OB(O)B(O)O. The first-order valence-electron chi connectivity index (χ1n) is 17.3. The molecule has 0 unspecified atom stereocenters. The Morgan fingerprint density at radius 3 is 1.35 bits per heavy atom. The molecule has 6 aromatic rings. The number of anilines is 2. The van der Waals surface area contributed by atoms with Crippen LogP contribution in [0.25, 0.3) is 44.8 Å². The first kappa shape index (κ1) is 49.5. The van der Waals surface area contributed by atoms with Gasteiger partial charge in [0.05, 0.1) is 38.0 Å². The van der Waals surface area contributed by atoms with Crippen molar-refractivity contribution in [3.63, 3.8) is 0 Å². The van der Waals surface area contributed by atoms with Crippen molar-refractivity contribution in [2.75, 3.05) is 49.3 Å². The number of furan rings is 2. The van der Waals surface area contributed by atoms with Crippen LogP contribution in [-0.2, 0) is 20.0 Å². The van der Waals surface area contributed by atoms with Crippen molar-refractivity contribution < 1.29 is 74.2 Å². The van der Waals surface area contributed by atoms with E-state index in [0.29, 0.717) is 20.1 Å². The van der Waals surface area contributed by atoms with E-state index >= 15 is 0 Å². The summed E-state index contributed by atoms with van der Waals surface area (Å²) in [4.78, 5) is 33.4. The van der Waals surface area contributed by atoms with Crippen LogP contribution in [0.15, 0.2) is 69.5 Å². The maximum atomic E-state index is 13.3. The molecule has 0 fully saturated rings. The van der Waals surface area contributed by atoms with Crippen LogP contribution in [0.4, 0.5) is 20.4 Å². The quantitative estimate of drug-likeness (QED) is 0.0666. The van der Waals surface area contributed by atoms with E-state index < -0.39 is 64.6 Å². The molecule has 2 aromatic carbocycles. The number of rotatable bonds is 10. The number of amides is 2. The van der Waals surface area contributed by atoms with Gasteiger partial charge in [0, 0.05) is 44.8 Å². The second-order valence-corrected chi connectivity index (χ2v) is 18.0. The lowest BCUT2D eigenvalue weighted by Crippen LogP contribution is -2.38. The van der Waals surface area contributed by atoms with Gasteiger partial charge in [-0.25, -0.2) is 25.6 Å². The summed E-state index contributed by atoms with van der Waals surface area (Å²) in [6.45, 7) is 0. The van der Waals surface area contributed by atoms with Gasteiger partial charge in [-0.1, -0.05) is 0 Å². The molecular formula is C34H36B3F2IN6O14S2. The molecule has 0 spiro atoms. The van der Waals surface area contributed by atoms with Gasteiger partial charge in [0.25, 0.3) is 11.8 Å². The Balaban J connectivity index is 0.000000241. The molecule has 0 aliphatic rings. The molecule has 0 bridgehead atoms. The number of nitrogens with one attached hydrogen (secondary N) is 2. The van der Waals surface area contributed by atoms with E-state index in [-0.39, 0.29) is 56.6 Å². The van der Waals surface area contributed by atoms with Crippen LogP contribution in [0.3, 0.4) is 0 Å². The zero-order chi connectivity index (χ0) is 46.6. The van der Waals surface area contributed by atoms with Crippen molar-refractivity contribution in [3.05, 3.63) is 87.0 Å². The third-order valence-corrected chi connectivity index (χ3v) is 11.7. The van der Waals surface area contributed by atoms with Gasteiger partial charge in [0.1, 0.15) is 29.0 Å². The zero-order valence-corrected chi connectivity index (χ0v) is 37.0. The molecule has 0 radical (unpaired) electrons. The van der Waals surface area contributed by atoms with E-state index in [9.17, 15) is 45.3 Å².